The average molecular weight is 327 g/mol. The normalized spacial score (nSPS) is 19.2. The number of nitrogens with one attached hydrogen (secondary N) is 1. The molecule has 0 saturated carbocycles. The van der Waals surface area contributed by atoms with Gasteiger partial charge in [-0.25, -0.2) is 0 Å². The summed E-state index contributed by atoms with van der Waals surface area (Å²) in [6.45, 7) is 3.80. The van der Waals surface area contributed by atoms with Gasteiger partial charge in [-0.2, -0.15) is 0 Å². The lowest BCUT2D eigenvalue weighted by atomic mass is 9.95. The number of carbonyl (C=O) groups excluding carboxylic acids is 1. The molecule has 124 valence electrons. The van der Waals surface area contributed by atoms with Gasteiger partial charge in [-0.1, -0.05) is 25.1 Å². The maximum absolute atomic E-state index is 12.5. The first-order valence-electron chi connectivity index (χ1n) is 7.73. The Morgan fingerprint density at radius 3 is 2.86 bits per heavy atom. The zero-order chi connectivity index (χ0) is 15.2. The van der Waals surface area contributed by atoms with Crippen LogP contribution >= 0.6 is 12.4 Å². The molecule has 2 unspecified atom stereocenters. The quantitative estimate of drug-likeness (QED) is 0.904. The number of piperidine rings is 1. The van der Waals surface area contributed by atoms with E-state index in [-0.39, 0.29) is 24.2 Å². The number of likely N-dealkylation sites (N-methyl/N-ethyl adjacent to an activating group) is 1. The minimum absolute atomic E-state index is 0. The number of carbonyl (C=O) groups is 1. The Kier molecular flexibility index (Phi) is 7.69. The van der Waals surface area contributed by atoms with Crippen LogP contribution in [0, 0.1) is 0 Å². The smallest absolute Gasteiger partial charge is 0.223 e. The zero-order valence-corrected chi connectivity index (χ0v) is 14.5. The van der Waals surface area contributed by atoms with Crippen molar-refractivity contribution >= 4 is 18.3 Å². The van der Waals surface area contributed by atoms with E-state index < -0.39 is 0 Å². The van der Waals surface area contributed by atoms with Crippen molar-refractivity contribution < 1.29 is 9.53 Å². The number of methoxy groups -OCH3 is 1. The number of amides is 1. The van der Waals surface area contributed by atoms with Gasteiger partial charge in [-0.05, 0) is 37.4 Å². The van der Waals surface area contributed by atoms with Gasteiger partial charge in [0.15, 0.2) is 0 Å². The minimum atomic E-state index is 0. The summed E-state index contributed by atoms with van der Waals surface area (Å²) < 4.78 is 5.39. The highest BCUT2D eigenvalue weighted by molar-refractivity contribution is 5.85. The number of rotatable bonds is 5. The summed E-state index contributed by atoms with van der Waals surface area (Å²) >= 11 is 0. The van der Waals surface area contributed by atoms with E-state index in [1.54, 1.807) is 7.11 Å². The standard InChI is InChI=1S/C17H26N2O2.ClH/c1-13(15-8-4-5-9-16(15)21-3)11-17(20)19-10-6-7-14(12-19)18-2;/h4-5,8-9,13-14,18H,6-7,10-12H2,1-3H3;1H. The molecule has 0 spiro atoms. The predicted molar refractivity (Wildman–Crippen MR) is 91.9 cm³/mol. The number of nitrogens with zero attached hydrogens (tertiary/aromatic N) is 1. The highest BCUT2D eigenvalue weighted by atomic mass is 35.5. The topological polar surface area (TPSA) is 41.6 Å². The maximum Gasteiger partial charge on any atom is 0.223 e. The molecule has 2 atom stereocenters. The van der Waals surface area contributed by atoms with Crippen molar-refractivity contribution in [1.29, 1.82) is 0 Å². The molecule has 1 aliphatic rings. The molecule has 1 N–H and O–H groups in total. The molecule has 1 heterocycles. The van der Waals surface area contributed by atoms with Crippen LogP contribution in [-0.4, -0.2) is 44.1 Å². The monoisotopic (exact) mass is 326 g/mol. The highest BCUT2D eigenvalue weighted by Crippen LogP contribution is 2.29. The van der Waals surface area contributed by atoms with E-state index in [2.05, 4.69) is 12.2 Å². The molecule has 0 radical (unpaired) electrons. The third kappa shape index (κ3) is 4.62. The number of benzene rings is 1. The molecule has 1 amide bonds. The highest BCUT2D eigenvalue weighted by Gasteiger charge is 2.24. The van der Waals surface area contributed by atoms with Crippen LogP contribution in [0.1, 0.15) is 37.7 Å². The zero-order valence-electron chi connectivity index (χ0n) is 13.7. The largest absolute Gasteiger partial charge is 0.496 e. The first-order valence-corrected chi connectivity index (χ1v) is 7.73. The number of hydrogen-bond acceptors (Lipinski definition) is 3. The molecular weight excluding hydrogens is 300 g/mol. The average Bonchev–Trinajstić information content (AvgIpc) is 2.54. The van der Waals surface area contributed by atoms with Crippen molar-refractivity contribution in [3.05, 3.63) is 29.8 Å². The third-order valence-corrected chi connectivity index (χ3v) is 4.33. The van der Waals surface area contributed by atoms with Gasteiger partial charge in [0.2, 0.25) is 5.91 Å². The summed E-state index contributed by atoms with van der Waals surface area (Å²) in [5.41, 5.74) is 1.11. The van der Waals surface area contributed by atoms with Gasteiger partial charge in [0.05, 0.1) is 7.11 Å². The number of likely N-dealkylation sites (tertiary alicyclic amines) is 1. The fraction of sp³-hybridized carbons (Fsp3) is 0.588. The lowest BCUT2D eigenvalue weighted by molar-refractivity contribution is -0.132. The van der Waals surface area contributed by atoms with E-state index in [4.69, 9.17) is 4.74 Å². The van der Waals surface area contributed by atoms with Crippen molar-refractivity contribution in [2.75, 3.05) is 27.2 Å². The van der Waals surface area contributed by atoms with Crippen molar-refractivity contribution in [1.82, 2.24) is 10.2 Å². The number of halogens is 1. The Bertz CT molecular complexity index is 481. The molecule has 1 aliphatic heterocycles. The van der Waals surface area contributed by atoms with E-state index >= 15 is 0 Å². The Morgan fingerprint density at radius 2 is 2.18 bits per heavy atom. The van der Waals surface area contributed by atoms with Gasteiger partial charge in [-0.3, -0.25) is 4.79 Å². The third-order valence-electron chi connectivity index (χ3n) is 4.33. The fourth-order valence-electron chi connectivity index (χ4n) is 3.01. The first-order chi connectivity index (χ1) is 10.2. The molecule has 1 aromatic rings. The van der Waals surface area contributed by atoms with Crippen molar-refractivity contribution in [3.8, 4) is 5.75 Å². The van der Waals surface area contributed by atoms with Gasteiger partial charge >= 0.3 is 0 Å². The van der Waals surface area contributed by atoms with Gasteiger partial charge < -0.3 is 15.0 Å². The van der Waals surface area contributed by atoms with Gasteiger partial charge in [0.25, 0.3) is 0 Å². The Balaban J connectivity index is 0.00000242. The van der Waals surface area contributed by atoms with Crippen LogP contribution in [0.3, 0.4) is 0 Å². The molecule has 1 saturated heterocycles. The molecule has 1 fully saturated rings. The Hall–Kier alpha value is -1.26. The second kappa shape index (κ2) is 9.01. The van der Waals surface area contributed by atoms with Crippen molar-refractivity contribution in [2.45, 2.75) is 38.1 Å². The van der Waals surface area contributed by atoms with Crippen LogP contribution in [0.4, 0.5) is 0 Å². The molecule has 2 rings (SSSR count). The second-order valence-corrected chi connectivity index (χ2v) is 5.81. The van der Waals surface area contributed by atoms with Crippen molar-refractivity contribution in [3.63, 3.8) is 0 Å². The molecule has 1 aromatic carbocycles. The number of para-hydroxylation sites is 1. The lowest BCUT2D eigenvalue weighted by Gasteiger charge is -2.33. The molecule has 5 heteroatoms. The minimum Gasteiger partial charge on any atom is -0.496 e. The molecule has 0 aromatic heterocycles. The molecule has 0 bridgehead atoms. The summed E-state index contributed by atoms with van der Waals surface area (Å²) in [4.78, 5) is 14.5. The van der Waals surface area contributed by atoms with Gasteiger partial charge in [0, 0.05) is 25.6 Å². The SMILES string of the molecule is CNC1CCCN(C(=O)CC(C)c2ccccc2OC)C1.Cl. The second-order valence-electron chi connectivity index (χ2n) is 5.81. The summed E-state index contributed by atoms with van der Waals surface area (Å²) in [7, 11) is 3.64. The van der Waals surface area contributed by atoms with Crippen LogP contribution in [-0.2, 0) is 4.79 Å². The van der Waals surface area contributed by atoms with Crippen molar-refractivity contribution in [2.24, 2.45) is 0 Å². The molecule has 22 heavy (non-hydrogen) atoms. The Labute approximate surface area is 139 Å². The van der Waals surface area contributed by atoms with E-state index in [0.29, 0.717) is 12.5 Å². The predicted octanol–water partition coefficient (Wildman–Crippen LogP) is 2.82. The van der Waals surface area contributed by atoms with Crippen LogP contribution in [0.5, 0.6) is 5.75 Å². The number of ether oxygens (including phenoxy) is 1. The maximum atomic E-state index is 12.5. The first kappa shape index (κ1) is 18.8. The van der Waals surface area contributed by atoms with E-state index in [1.807, 2.05) is 36.2 Å². The van der Waals surface area contributed by atoms with Gasteiger partial charge in [-0.15, -0.1) is 12.4 Å². The van der Waals surface area contributed by atoms with Crippen LogP contribution in [0.2, 0.25) is 0 Å². The van der Waals surface area contributed by atoms with Crippen LogP contribution in [0.25, 0.3) is 0 Å². The Morgan fingerprint density at radius 1 is 1.45 bits per heavy atom. The van der Waals surface area contributed by atoms with Gasteiger partial charge in [0.1, 0.15) is 5.75 Å². The summed E-state index contributed by atoms with van der Waals surface area (Å²) in [5.74, 6) is 1.28. The summed E-state index contributed by atoms with van der Waals surface area (Å²) in [5, 5.41) is 3.28. The van der Waals surface area contributed by atoms with Crippen LogP contribution < -0.4 is 10.1 Å². The van der Waals surface area contributed by atoms with E-state index in [0.717, 1.165) is 37.2 Å². The van der Waals surface area contributed by atoms with Crippen LogP contribution in [0.15, 0.2) is 24.3 Å². The fourth-order valence-corrected chi connectivity index (χ4v) is 3.01. The number of hydrogen-bond donors (Lipinski definition) is 1. The van der Waals surface area contributed by atoms with E-state index in [9.17, 15) is 4.79 Å². The molecule has 4 nitrogen and oxygen atoms in total. The lowest BCUT2D eigenvalue weighted by Crippen LogP contribution is -2.47. The summed E-state index contributed by atoms with van der Waals surface area (Å²) in [6.07, 6.45) is 2.78. The molecule has 0 aliphatic carbocycles. The summed E-state index contributed by atoms with van der Waals surface area (Å²) in [6, 6.07) is 8.39. The van der Waals surface area contributed by atoms with E-state index in [1.165, 1.54) is 0 Å². The molecular formula is C17H27ClN2O2.